The number of amides is 1. The lowest BCUT2D eigenvalue weighted by Gasteiger charge is -2.05. The first kappa shape index (κ1) is 12.6. The zero-order chi connectivity index (χ0) is 13.8. The van der Waals surface area contributed by atoms with Crippen LogP contribution in [-0.2, 0) is 11.3 Å². The summed E-state index contributed by atoms with van der Waals surface area (Å²) in [6.45, 7) is 0.00661. The van der Waals surface area contributed by atoms with Crippen molar-refractivity contribution >= 4 is 22.8 Å². The number of nitrogens with zero attached hydrogens (tertiary/aromatic N) is 2. The Bertz CT molecular complexity index is 682. The lowest BCUT2D eigenvalue weighted by Crippen LogP contribution is -2.27. The van der Waals surface area contributed by atoms with Crippen LogP contribution in [0.5, 0.6) is 0 Å². The van der Waals surface area contributed by atoms with E-state index in [1.807, 2.05) is 6.07 Å². The second kappa shape index (κ2) is 5.23. The third kappa shape index (κ3) is 2.72. The van der Waals surface area contributed by atoms with Gasteiger partial charge in [-0.1, -0.05) is 6.07 Å². The summed E-state index contributed by atoms with van der Waals surface area (Å²) in [5.41, 5.74) is 0.844. The number of nitriles is 1. The zero-order valence-electron chi connectivity index (χ0n) is 9.96. The highest BCUT2D eigenvalue weighted by Crippen LogP contribution is 2.17. The van der Waals surface area contributed by atoms with Crippen molar-refractivity contribution in [2.24, 2.45) is 0 Å². The average molecular weight is 257 g/mol. The van der Waals surface area contributed by atoms with Gasteiger partial charge in [-0.25, -0.2) is 4.79 Å². The van der Waals surface area contributed by atoms with E-state index in [1.54, 1.807) is 22.9 Å². The first-order valence-electron chi connectivity index (χ1n) is 5.57. The SMILES string of the molecule is N#CCNC(=O)Cn1ccc2ccc(C(=O)O)cc21. The van der Waals surface area contributed by atoms with Gasteiger partial charge in [0.05, 0.1) is 11.6 Å². The maximum atomic E-state index is 11.5. The molecule has 2 rings (SSSR count). The predicted molar refractivity (Wildman–Crippen MR) is 67.5 cm³/mol. The summed E-state index contributed by atoms with van der Waals surface area (Å²) >= 11 is 0. The molecule has 96 valence electrons. The number of carbonyl (C=O) groups excluding carboxylic acids is 1. The molecule has 19 heavy (non-hydrogen) atoms. The van der Waals surface area contributed by atoms with Crippen molar-refractivity contribution in [2.45, 2.75) is 6.54 Å². The molecule has 0 atom stereocenters. The van der Waals surface area contributed by atoms with Gasteiger partial charge in [0.1, 0.15) is 13.1 Å². The van der Waals surface area contributed by atoms with Crippen molar-refractivity contribution in [3.63, 3.8) is 0 Å². The molecule has 0 bridgehead atoms. The molecule has 0 saturated carbocycles. The molecule has 1 amide bonds. The van der Waals surface area contributed by atoms with E-state index in [2.05, 4.69) is 5.32 Å². The Morgan fingerprint density at radius 3 is 2.84 bits per heavy atom. The van der Waals surface area contributed by atoms with E-state index in [0.29, 0.717) is 5.52 Å². The summed E-state index contributed by atoms with van der Waals surface area (Å²) in [7, 11) is 0. The first-order chi connectivity index (χ1) is 9.11. The number of nitrogens with one attached hydrogen (secondary N) is 1. The largest absolute Gasteiger partial charge is 0.478 e. The molecule has 0 spiro atoms. The molecule has 0 saturated heterocycles. The van der Waals surface area contributed by atoms with Crippen molar-refractivity contribution in [3.8, 4) is 6.07 Å². The molecular formula is C13H11N3O3. The first-order valence-corrected chi connectivity index (χ1v) is 5.57. The minimum absolute atomic E-state index is 0.0432. The van der Waals surface area contributed by atoms with Crippen LogP contribution in [0.3, 0.4) is 0 Å². The number of aromatic carboxylic acids is 1. The fourth-order valence-corrected chi connectivity index (χ4v) is 1.80. The molecule has 0 radical (unpaired) electrons. The molecule has 2 N–H and O–H groups in total. The van der Waals surface area contributed by atoms with Gasteiger partial charge in [0.2, 0.25) is 5.91 Å². The van der Waals surface area contributed by atoms with Gasteiger partial charge in [0.15, 0.2) is 0 Å². The fourth-order valence-electron chi connectivity index (χ4n) is 1.80. The molecule has 6 nitrogen and oxygen atoms in total. The molecule has 0 fully saturated rings. The van der Waals surface area contributed by atoms with E-state index >= 15 is 0 Å². The number of hydrogen-bond acceptors (Lipinski definition) is 3. The van der Waals surface area contributed by atoms with Crippen molar-refractivity contribution in [1.82, 2.24) is 9.88 Å². The maximum absolute atomic E-state index is 11.5. The zero-order valence-corrected chi connectivity index (χ0v) is 9.96. The highest BCUT2D eigenvalue weighted by molar-refractivity contribution is 5.94. The van der Waals surface area contributed by atoms with Crippen LogP contribution in [0.1, 0.15) is 10.4 Å². The van der Waals surface area contributed by atoms with E-state index in [4.69, 9.17) is 10.4 Å². The lowest BCUT2D eigenvalue weighted by molar-refractivity contribution is -0.121. The maximum Gasteiger partial charge on any atom is 0.335 e. The molecule has 1 aromatic carbocycles. The number of carboxylic acid groups (broad SMARTS) is 1. The molecule has 1 heterocycles. The van der Waals surface area contributed by atoms with E-state index in [-0.39, 0.29) is 24.6 Å². The Labute approximate surface area is 108 Å². The van der Waals surface area contributed by atoms with E-state index < -0.39 is 5.97 Å². The summed E-state index contributed by atoms with van der Waals surface area (Å²) in [4.78, 5) is 22.4. The van der Waals surface area contributed by atoms with Crippen LogP contribution in [0.4, 0.5) is 0 Å². The van der Waals surface area contributed by atoms with Crippen molar-refractivity contribution in [3.05, 3.63) is 36.0 Å². The van der Waals surface area contributed by atoms with E-state index in [0.717, 1.165) is 5.39 Å². The molecule has 0 aliphatic heterocycles. The van der Waals surface area contributed by atoms with Crippen LogP contribution in [0.2, 0.25) is 0 Å². The fraction of sp³-hybridized carbons (Fsp3) is 0.154. The molecule has 0 aliphatic rings. The molecule has 6 heteroatoms. The second-order valence-corrected chi connectivity index (χ2v) is 3.96. The Balaban J connectivity index is 2.28. The van der Waals surface area contributed by atoms with Gasteiger partial charge in [-0.3, -0.25) is 4.79 Å². The molecule has 1 aromatic heterocycles. The van der Waals surface area contributed by atoms with E-state index in [9.17, 15) is 9.59 Å². The van der Waals surface area contributed by atoms with Gasteiger partial charge in [-0.15, -0.1) is 0 Å². The normalized spacial score (nSPS) is 10.1. The van der Waals surface area contributed by atoms with Crippen LogP contribution in [0.15, 0.2) is 30.5 Å². The Morgan fingerprint density at radius 1 is 1.37 bits per heavy atom. The van der Waals surface area contributed by atoms with Gasteiger partial charge >= 0.3 is 5.97 Å². The van der Waals surface area contributed by atoms with Gasteiger partial charge in [-0.05, 0) is 23.6 Å². The van der Waals surface area contributed by atoms with Gasteiger partial charge in [0.25, 0.3) is 0 Å². The quantitative estimate of drug-likeness (QED) is 0.798. The standard InChI is InChI=1S/C13H11N3O3/c14-4-5-15-12(17)8-16-6-3-9-1-2-10(13(18)19)7-11(9)16/h1-3,6-7H,5,8H2,(H,15,17)(H,18,19). The Hall–Kier alpha value is -2.81. The number of fused-ring (bicyclic) bond motifs is 1. The third-order valence-corrected chi connectivity index (χ3v) is 2.70. The summed E-state index contributed by atoms with van der Waals surface area (Å²) < 4.78 is 1.65. The van der Waals surface area contributed by atoms with Crippen LogP contribution < -0.4 is 5.32 Å². The summed E-state index contributed by atoms with van der Waals surface area (Å²) in [5.74, 6) is -1.30. The molecule has 2 aromatic rings. The molecule has 0 unspecified atom stereocenters. The third-order valence-electron chi connectivity index (χ3n) is 2.70. The minimum atomic E-state index is -1.01. The van der Waals surface area contributed by atoms with Crippen molar-refractivity contribution in [2.75, 3.05) is 6.54 Å². The monoisotopic (exact) mass is 257 g/mol. The smallest absolute Gasteiger partial charge is 0.335 e. The van der Waals surface area contributed by atoms with E-state index in [1.165, 1.54) is 12.1 Å². The number of aromatic nitrogens is 1. The lowest BCUT2D eigenvalue weighted by atomic mass is 10.1. The number of hydrogen-bond donors (Lipinski definition) is 2. The van der Waals surface area contributed by atoms with Gasteiger partial charge in [0, 0.05) is 11.7 Å². The minimum Gasteiger partial charge on any atom is -0.478 e. The van der Waals surface area contributed by atoms with Crippen LogP contribution >= 0.6 is 0 Å². The number of benzene rings is 1. The highest BCUT2D eigenvalue weighted by Gasteiger charge is 2.09. The second-order valence-electron chi connectivity index (χ2n) is 3.96. The van der Waals surface area contributed by atoms with Crippen LogP contribution in [-0.4, -0.2) is 28.1 Å². The van der Waals surface area contributed by atoms with Gasteiger partial charge < -0.3 is 15.0 Å². The molecular weight excluding hydrogens is 246 g/mol. The number of rotatable bonds is 4. The van der Waals surface area contributed by atoms with Crippen LogP contribution in [0, 0.1) is 11.3 Å². The number of carboxylic acids is 1. The van der Waals surface area contributed by atoms with Gasteiger partial charge in [-0.2, -0.15) is 5.26 Å². The predicted octanol–water partition coefficient (Wildman–Crippen LogP) is 0.979. The topological polar surface area (TPSA) is 95.1 Å². The molecule has 0 aliphatic carbocycles. The Morgan fingerprint density at radius 2 is 2.16 bits per heavy atom. The highest BCUT2D eigenvalue weighted by atomic mass is 16.4. The van der Waals surface area contributed by atoms with Crippen molar-refractivity contribution in [1.29, 1.82) is 5.26 Å². The summed E-state index contributed by atoms with van der Waals surface area (Å²) in [6.07, 6.45) is 1.71. The summed E-state index contributed by atoms with van der Waals surface area (Å²) in [5, 5.41) is 20.6. The van der Waals surface area contributed by atoms with Crippen LogP contribution in [0.25, 0.3) is 10.9 Å². The summed E-state index contributed by atoms with van der Waals surface area (Å²) in [6, 6.07) is 8.36. The average Bonchev–Trinajstić information content (AvgIpc) is 2.78. The number of carbonyl (C=O) groups is 2. The Kier molecular flexibility index (Phi) is 3.48. The van der Waals surface area contributed by atoms with Crippen molar-refractivity contribution < 1.29 is 14.7 Å².